The van der Waals surface area contributed by atoms with Gasteiger partial charge in [0.2, 0.25) is 0 Å². The van der Waals surface area contributed by atoms with Crippen LogP contribution in [0.15, 0.2) is 36.5 Å². The predicted molar refractivity (Wildman–Crippen MR) is 106 cm³/mol. The van der Waals surface area contributed by atoms with Crippen molar-refractivity contribution in [3.63, 3.8) is 0 Å². The number of fused-ring (bicyclic) bond motifs is 1. The second kappa shape index (κ2) is 8.10. The molecule has 1 saturated heterocycles. The lowest BCUT2D eigenvalue weighted by atomic mass is 10.0. The van der Waals surface area contributed by atoms with Crippen LogP contribution in [0.3, 0.4) is 0 Å². The number of H-pyrrole nitrogens is 1. The first-order valence-corrected chi connectivity index (χ1v) is 9.75. The van der Waals surface area contributed by atoms with Crippen LogP contribution in [0.1, 0.15) is 27.6 Å². The molecule has 1 N–H and O–H groups in total. The van der Waals surface area contributed by atoms with Gasteiger partial charge in [-0.3, -0.25) is 14.4 Å². The van der Waals surface area contributed by atoms with Crippen LogP contribution < -0.4 is 0 Å². The molecule has 2 aromatic carbocycles. The predicted octanol–water partition coefficient (Wildman–Crippen LogP) is 3.28. The first kappa shape index (κ1) is 21.5. The maximum Gasteiger partial charge on any atom is 0.295 e. The molecule has 2 amide bonds. The second-order valence-corrected chi connectivity index (χ2v) is 7.50. The quantitative estimate of drug-likeness (QED) is 0.220. The topological polar surface area (TPSA) is 73.5 Å². The number of ketones is 1. The van der Waals surface area contributed by atoms with Crippen LogP contribution in [0.2, 0.25) is 0 Å². The van der Waals surface area contributed by atoms with E-state index in [1.165, 1.54) is 4.90 Å². The molecule has 0 saturated carbocycles. The Kier molecular flexibility index (Phi) is 5.45. The molecule has 3 aromatic rings. The number of carbonyl (C=O) groups is 3. The van der Waals surface area contributed by atoms with Gasteiger partial charge in [0, 0.05) is 37.4 Å². The first-order chi connectivity index (χ1) is 15.2. The van der Waals surface area contributed by atoms with Gasteiger partial charge in [0.25, 0.3) is 17.6 Å². The number of nitrogens with one attached hydrogen (secondary N) is 1. The minimum atomic E-state index is -2.07. The van der Waals surface area contributed by atoms with Crippen molar-refractivity contribution in [2.45, 2.75) is 13.0 Å². The van der Waals surface area contributed by atoms with Crippen LogP contribution in [0, 0.1) is 23.3 Å². The van der Waals surface area contributed by atoms with Gasteiger partial charge in [-0.05, 0) is 19.1 Å². The van der Waals surface area contributed by atoms with E-state index in [1.807, 2.05) is 0 Å². The summed E-state index contributed by atoms with van der Waals surface area (Å²) in [5, 5.41) is -0.828. The summed E-state index contributed by atoms with van der Waals surface area (Å²) in [6, 6.07) is 8.02. The molecule has 0 spiro atoms. The fourth-order valence-corrected chi connectivity index (χ4v) is 3.87. The highest BCUT2D eigenvalue weighted by Crippen LogP contribution is 2.29. The lowest BCUT2D eigenvalue weighted by Gasteiger charge is -2.39. The fourth-order valence-electron chi connectivity index (χ4n) is 3.87. The third kappa shape index (κ3) is 3.41. The van der Waals surface area contributed by atoms with Crippen molar-refractivity contribution in [3.05, 3.63) is 70.9 Å². The Morgan fingerprint density at radius 1 is 0.938 bits per heavy atom. The van der Waals surface area contributed by atoms with Crippen LogP contribution in [-0.4, -0.2) is 58.1 Å². The number of nitrogens with zero attached hydrogens (tertiary/aromatic N) is 2. The van der Waals surface area contributed by atoms with Crippen molar-refractivity contribution in [2.75, 3.05) is 19.6 Å². The molecule has 1 aliphatic rings. The van der Waals surface area contributed by atoms with E-state index in [2.05, 4.69) is 4.98 Å². The molecule has 32 heavy (non-hydrogen) atoms. The summed E-state index contributed by atoms with van der Waals surface area (Å²) in [7, 11) is 0. The van der Waals surface area contributed by atoms with E-state index < -0.39 is 57.5 Å². The monoisotopic (exact) mass is 447 g/mol. The van der Waals surface area contributed by atoms with Crippen LogP contribution in [0.5, 0.6) is 0 Å². The van der Waals surface area contributed by atoms with Crippen molar-refractivity contribution >= 4 is 28.5 Å². The Morgan fingerprint density at radius 2 is 1.59 bits per heavy atom. The van der Waals surface area contributed by atoms with Crippen LogP contribution in [0.25, 0.3) is 10.9 Å². The standard InChI is InChI=1S/C22H17F4N3O3/c1-11-10-28(21(31)12-5-3-2-4-6-12)7-8-29(11)22(32)20(30)13-9-27-19-14(13)15(23)16(24)17(25)18(19)26/h2-6,9,11,27H,7-8,10H2,1H3/t11-/m0/s1. The van der Waals surface area contributed by atoms with Gasteiger partial charge in [0.15, 0.2) is 23.3 Å². The van der Waals surface area contributed by atoms with Gasteiger partial charge < -0.3 is 14.8 Å². The largest absolute Gasteiger partial charge is 0.358 e. The molecule has 1 atom stereocenters. The number of hydrogen-bond acceptors (Lipinski definition) is 3. The highest BCUT2D eigenvalue weighted by Gasteiger charge is 2.35. The third-order valence-electron chi connectivity index (χ3n) is 5.53. The lowest BCUT2D eigenvalue weighted by molar-refractivity contribution is -0.130. The number of rotatable bonds is 3. The molecule has 1 aliphatic heterocycles. The van der Waals surface area contributed by atoms with E-state index in [0.29, 0.717) is 5.56 Å². The van der Waals surface area contributed by atoms with Crippen molar-refractivity contribution < 1.29 is 31.9 Å². The zero-order valence-corrected chi connectivity index (χ0v) is 16.8. The molecule has 4 rings (SSSR count). The summed E-state index contributed by atoms with van der Waals surface area (Å²) in [4.78, 5) is 43.2. The molecule has 0 bridgehead atoms. The Balaban J connectivity index is 1.56. The number of piperazine rings is 1. The molecule has 1 fully saturated rings. The highest BCUT2D eigenvalue weighted by molar-refractivity contribution is 6.45. The summed E-state index contributed by atoms with van der Waals surface area (Å²) in [6.45, 7) is 1.99. The second-order valence-electron chi connectivity index (χ2n) is 7.50. The summed E-state index contributed by atoms with van der Waals surface area (Å²) in [5.74, 6) is -9.98. The average molecular weight is 447 g/mol. The molecule has 0 aliphatic carbocycles. The number of hydrogen-bond donors (Lipinski definition) is 1. The third-order valence-corrected chi connectivity index (χ3v) is 5.53. The van der Waals surface area contributed by atoms with Crippen LogP contribution in [-0.2, 0) is 4.79 Å². The van der Waals surface area contributed by atoms with E-state index in [9.17, 15) is 31.9 Å². The van der Waals surface area contributed by atoms with Gasteiger partial charge in [-0.1, -0.05) is 18.2 Å². The Hall–Kier alpha value is -3.69. The number of Topliss-reactive ketones (excluding diaryl/α,β-unsaturated/α-hetero) is 1. The van der Waals surface area contributed by atoms with Crippen molar-refractivity contribution in [3.8, 4) is 0 Å². The summed E-state index contributed by atoms with van der Waals surface area (Å²) in [6.07, 6.45) is 0.843. The minimum Gasteiger partial charge on any atom is -0.358 e. The van der Waals surface area contributed by atoms with E-state index in [4.69, 9.17) is 0 Å². The summed E-state index contributed by atoms with van der Waals surface area (Å²) < 4.78 is 55.3. The van der Waals surface area contributed by atoms with E-state index in [1.54, 1.807) is 42.2 Å². The van der Waals surface area contributed by atoms with E-state index >= 15 is 0 Å². The van der Waals surface area contributed by atoms with Crippen LogP contribution in [0.4, 0.5) is 17.6 Å². The summed E-state index contributed by atoms with van der Waals surface area (Å²) in [5.41, 5.74) is -0.861. The maximum atomic E-state index is 14.3. The minimum absolute atomic E-state index is 0.0342. The van der Waals surface area contributed by atoms with Gasteiger partial charge >= 0.3 is 0 Å². The average Bonchev–Trinajstić information content (AvgIpc) is 3.26. The Bertz CT molecular complexity index is 1240. The zero-order valence-electron chi connectivity index (χ0n) is 16.8. The molecule has 1 aromatic heterocycles. The van der Waals surface area contributed by atoms with Gasteiger partial charge in [-0.25, -0.2) is 17.6 Å². The number of carbonyl (C=O) groups excluding carboxylic acids is 3. The molecule has 166 valence electrons. The molecule has 6 nitrogen and oxygen atoms in total. The normalized spacial score (nSPS) is 16.5. The van der Waals surface area contributed by atoms with Gasteiger partial charge in [-0.2, -0.15) is 0 Å². The fraction of sp³-hybridized carbons (Fsp3) is 0.227. The number of amides is 2. The number of halogens is 4. The van der Waals surface area contributed by atoms with Crippen molar-refractivity contribution in [1.82, 2.24) is 14.8 Å². The Labute approximate surface area is 179 Å². The summed E-state index contributed by atoms with van der Waals surface area (Å²) >= 11 is 0. The highest BCUT2D eigenvalue weighted by atomic mass is 19.2. The van der Waals surface area contributed by atoms with Gasteiger partial charge in [-0.15, -0.1) is 0 Å². The lowest BCUT2D eigenvalue weighted by Crippen LogP contribution is -2.56. The first-order valence-electron chi connectivity index (χ1n) is 9.75. The molecule has 10 heteroatoms. The zero-order chi connectivity index (χ0) is 23.2. The van der Waals surface area contributed by atoms with Crippen molar-refractivity contribution in [1.29, 1.82) is 0 Å². The molecule has 0 radical (unpaired) electrons. The van der Waals surface area contributed by atoms with Gasteiger partial charge in [0.1, 0.15) is 0 Å². The van der Waals surface area contributed by atoms with E-state index in [0.717, 1.165) is 6.20 Å². The molecular weight excluding hydrogens is 430 g/mol. The van der Waals surface area contributed by atoms with Crippen molar-refractivity contribution in [2.24, 2.45) is 0 Å². The van der Waals surface area contributed by atoms with Gasteiger partial charge in [0.05, 0.1) is 16.5 Å². The molecule has 0 unspecified atom stereocenters. The Morgan fingerprint density at radius 3 is 2.25 bits per heavy atom. The molecular formula is C22H17F4N3O3. The maximum absolute atomic E-state index is 14.3. The SMILES string of the molecule is C[C@H]1CN(C(=O)c2ccccc2)CCN1C(=O)C(=O)c1c[nH]c2c(F)c(F)c(F)c(F)c12. The number of benzene rings is 2. The van der Waals surface area contributed by atoms with E-state index in [-0.39, 0.29) is 25.5 Å². The number of aromatic nitrogens is 1. The number of aromatic amines is 1. The molecule has 2 heterocycles. The smallest absolute Gasteiger partial charge is 0.295 e. The van der Waals surface area contributed by atoms with Crippen LogP contribution >= 0.6 is 0 Å².